The quantitative estimate of drug-likeness (QED) is 0.835. The summed E-state index contributed by atoms with van der Waals surface area (Å²) in [4.78, 5) is 38.0. The highest BCUT2D eigenvalue weighted by atomic mass is 19.1. The molecule has 2 saturated heterocycles. The second kappa shape index (κ2) is 8.03. The first kappa shape index (κ1) is 19.1. The van der Waals surface area contributed by atoms with Gasteiger partial charge in [0.25, 0.3) is 0 Å². The van der Waals surface area contributed by atoms with Crippen LogP contribution in [-0.4, -0.2) is 24.3 Å². The first-order valence-electron chi connectivity index (χ1n) is 9.76. The van der Waals surface area contributed by atoms with Gasteiger partial charge in [0.05, 0.1) is 12.0 Å². The topological polar surface area (TPSA) is 78.5 Å². The molecule has 2 aliphatic rings. The van der Waals surface area contributed by atoms with Gasteiger partial charge in [-0.3, -0.25) is 14.4 Å². The number of rotatable bonds is 4. The van der Waals surface area contributed by atoms with Crippen LogP contribution in [0.2, 0.25) is 0 Å². The minimum absolute atomic E-state index is 0.0323. The molecule has 0 bridgehead atoms. The van der Waals surface area contributed by atoms with Crippen LogP contribution in [0.25, 0.3) is 0 Å². The minimum Gasteiger partial charge on any atom is -0.349 e. The highest BCUT2D eigenvalue weighted by Crippen LogP contribution is 2.28. The van der Waals surface area contributed by atoms with E-state index in [0.717, 1.165) is 12.0 Å². The van der Waals surface area contributed by atoms with Crippen molar-refractivity contribution in [3.05, 3.63) is 59.9 Å². The monoisotopic (exact) mass is 395 g/mol. The van der Waals surface area contributed by atoms with Gasteiger partial charge in [0.2, 0.25) is 17.7 Å². The third-order valence-electron chi connectivity index (χ3n) is 5.45. The first-order chi connectivity index (χ1) is 14.0. The summed E-state index contributed by atoms with van der Waals surface area (Å²) in [5, 5.41) is 5.84. The van der Waals surface area contributed by atoms with Gasteiger partial charge in [0.1, 0.15) is 5.82 Å². The fourth-order valence-electron chi connectivity index (χ4n) is 3.90. The molecule has 2 aliphatic heterocycles. The zero-order chi connectivity index (χ0) is 20.4. The van der Waals surface area contributed by atoms with Gasteiger partial charge in [-0.15, -0.1) is 0 Å². The van der Waals surface area contributed by atoms with E-state index in [1.807, 2.05) is 18.2 Å². The van der Waals surface area contributed by atoms with E-state index in [1.54, 1.807) is 18.2 Å². The summed E-state index contributed by atoms with van der Waals surface area (Å²) in [6.45, 7) is 0.215. The van der Waals surface area contributed by atoms with Crippen molar-refractivity contribution >= 4 is 29.1 Å². The van der Waals surface area contributed by atoms with Gasteiger partial charge >= 0.3 is 0 Å². The number of hydrogen-bond donors (Lipinski definition) is 2. The summed E-state index contributed by atoms with van der Waals surface area (Å²) in [7, 11) is 0. The molecule has 2 heterocycles. The molecule has 4 rings (SSSR count). The lowest BCUT2D eigenvalue weighted by molar-refractivity contribution is -0.124. The highest BCUT2D eigenvalue weighted by molar-refractivity contribution is 5.99. The molecule has 6 nitrogen and oxygen atoms in total. The number of piperidine rings is 1. The number of carbonyl (C=O) groups excluding carboxylic acids is 3. The predicted molar refractivity (Wildman–Crippen MR) is 107 cm³/mol. The van der Waals surface area contributed by atoms with Gasteiger partial charge in [0.15, 0.2) is 0 Å². The van der Waals surface area contributed by atoms with E-state index in [1.165, 1.54) is 17.0 Å². The molecule has 2 unspecified atom stereocenters. The number of nitrogens with zero attached hydrogens (tertiary/aromatic N) is 1. The Hall–Kier alpha value is -3.22. The summed E-state index contributed by atoms with van der Waals surface area (Å²) in [6.07, 6.45) is 1.94. The number of benzene rings is 2. The van der Waals surface area contributed by atoms with E-state index in [2.05, 4.69) is 10.6 Å². The van der Waals surface area contributed by atoms with Crippen LogP contribution in [0.1, 0.15) is 37.3 Å². The molecule has 0 aromatic heterocycles. The molecule has 29 heavy (non-hydrogen) atoms. The number of halogens is 1. The fourth-order valence-corrected chi connectivity index (χ4v) is 3.90. The van der Waals surface area contributed by atoms with E-state index in [9.17, 15) is 18.8 Å². The molecule has 2 aromatic carbocycles. The first-order valence-corrected chi connectivity index (χ1v) is 9.76. The summed E-state index contributed by atoms with van der Waals surface area (Å²) in [5.41, 5.74) is 2.07. The van der Waals surface area contributed by atoms with Gasteiger partial charge in [-0.1, -0.05) is 18.2 Å². The van der Waals surface area contributed by atoms with Crippen LogP contribution in [0.15, 0.2) is 48.5 Å². The normalized spacial score (nSPS) is 21.8. The molecule has 0 spiro atoms. The molecule has 0 radical (unpaired) electrons. The Kier molecular flexibility index (Phi) is 5.29. The molecule has 3 amide bonds. The minimum atomic E-state index is -0.419. The van der Waals surface area contributed by atoms with Crippen molar-refractivity contribution in [2.45, 2.75) is 31.7 Å². The second-order valence-corrected chi connectivity index (χ2v) is 7.49. The number of carbonyl (C=O) groups is 3. The Labute approximate surface area is 168 Å². The largest absolute Gasteiger partial charge is 0.349 e. The van der Waals surface area contributed by atoms with Crippen molar-refractivity contribution in [2.24, 2.45) is 5.92 Å². The summed E-state index contributed by atoms with van der Waals surface area (Å²) in [6, 6.07) is 13.3. The number of amides is 3. The highest BCUT2D eigenvalue weighted by Gasteiger charge is 2.31. The molecule has 7 heteroatoms. The lowest BCUT2D eigenvalue weighted by Gasteiger charge is -2.32. The van der Waals surface area contributed by atoms with Gasteiger partial charge in [-0.25, -0.2) is 4.39 Å². The molecule has 2 N–H and O–H groups in total. The van der Waals surface area contributed by atoms with Crippen LogP contribution in [0, 0.1) is 11.7 Å². The van der Waals surface area contributed by atoms with Crippen molar-refractivity contribution in [1.82, 2.24) is 5.32 Å². The SMILES string of the molecule is O=C1CCC(c2cccc(NC(=O)C3CCC(=O)N(c4cccc(F)c4)C3)c2)N1. The zero-order valence-corrected chi connectivity index (χ0v) is 15.9. The lowest BCUT2D eigenvalue weighted by atomic mass is 9.95. The molecular formula is C22H22FN3O3. The third-order valence-corrected chi connectivity index (χ3v) is 5.45. The van der Waals surface area contributed by atoms with Crippen molar-refractivity contribution in [3.8, 4) is 0 Å². The number of hydrogen-bond acceptors (Lipinski definition) is 3. The Morgan fingerprint density at radius 3 is 2.66 bits per heavy atom. The van der Waals surface area contributed by atoms with Gasteiger partial charge in [-0.2, -0.15) is 0 Å². The Morgan fingerprint density at radius 1 is 1.07 bits per heavy atom. The molecule has 2 atom stereocenters. The standard InChI is InChI=1S/C22H22FN3O3/c23-16-4-2-6-18(12-16)26-13-15(7-10-21(26)28)22(29)24-17-5-1-3-14(11-17)19-8-9-20(27)25-19/h1-6,11-12,15,19H,7-10,13H2,(H,24,29)(H,25,27). The zero-order valence-electron chi connectivity index (χ0n) is 15.9. The maximum absolute atomic E-state index is 13.5. The Bertz CT molecular complexity index is 962. The molecule has 0 saturated carbocycles. The van der Waals surface area contributed by atoms with E-state index in [4.69, 9.17) is 0 Å². The van der Waals surface area contributed by atoms with Crippen LogP contribution < -0.4 is 15.5 Å². The van der Waals surface area contributed by atoms with Crippen molar-refractivity contribution < 1.29 is 18.8 Å². The smallest absolute Gasteiger partial charge is 0.229 e. The van der Waals surface area contributed by atoms with E-state index >= 15 is 0 Å². The van der Waals surface area contributed by atoms with Crippen LogP contribution in [0.4, 0.5) is 15.8 Å². The van der Waals surface area contributed by atoms with E-state index in [-0.39, 0.29) is 42.6 Å². The molecular weight excluding hydrogens is 373 g/mol. The Balaban J connectivity index is 1.44. The van der Waals surface area contributed by atoms with Crippen molar-refractivity contribution in [3.63, 3.8) is 0 Å². The average Bonchev–Trinajstić information content (AvgIpc) is 3.15. The van der Waals surface area contributed by atoms with E-state index < -0.39 is 5.82 Å². The van der Waals surface area contributed by atoms with Crippen LogP contribution in [-0.2, 0) is 14.4 Å². The van der Waals surface area contributed by atoms with Gasteiger partial charge in [-0.05, 0) is 48.7 Å². The average molecular weight is 395 g/mol. The molecule has 2 aromatic rings. The molecule has 0 aliphatic carbocycles. The predicted octanol–water partition coefficient (Wildman–Crippen LogP) is 3.16. The third kappa shape index (κ3) is 4.29. The summed E-state index contributed by atoms with van der Waals surface area (Å²) < 4.78 is 13.5. The Morgan fingerprint density at radius 2 is 1.90 bits per heavy atom. The second-order valence-electron chi connectivity index (χ2n) is 7.49. The van der Waals surface area contributed by atoms with Crippen LogP contribution >= 0.6 is 0 Å². The lowest BCUT2D eigenvalue weighted by Crippen LogP contribution is -2.44. The maximum atomic E-state index is 13.5. The van der Waals surface area contributed by atoms with Gasteiger partial charge < -0.3 is 15.5 Å². The number of anilines is 2. The maximum Gasteiger partial charge on any atom is 0.229 e. The molecule has 150 valence electrons. The van der Waals surface area contributed by atoms with Crippen molar-refractivity contribution in [2.75, 3.05) is 16.8 Å². The fraction of sp³-hybridized carbons (Fsp3) is 0.318. The van der Waals surface area contributed by atoms with Crippen LogP contribution in [0.3, 0.4) is 0 Å². The summed E-state index contributed by atoms with van der Waals surface area (Å²) >= 11 is 0. The summed E-state index contributed by atoms with van der Waals surface area (Å²) in [5.74, 6) is -1.05. The molecule has 2 fully saturated rings. The van der Waals surface area contributed by atoms with Crippen molar-refractivity contribution in [1.29, 1.82) is 0 Å². The van der Waals surface area contributed by atoms with Crippen LogP contribution in [0.5, 0.6) is 0 Å². The van der Waals surface area contributed by atoms with Gasteiger partial charge in [0, 0.05) is 30.8 Å². The van der Waals surface area contributed by atoms with E-state index in [0.29, 0.717) is 24.2 Å². The number of nitrogens with one attached hydrogen (secondary N) is 2.